The van der Waals surface area contributed by atoms with Crippen molar-refractivity contribution in [3.8, 4) is 11.3 Å². The van der Waals surface area contributed by atoms with Crippen molar-refractivity contribution in [2.24, 2.45) is 0 Å². The summed E-state index contributed by atoms with van der Waals surface area (Å²) in [6, 6.07) is 0. The zero-order valence-corrected chi connectivity index (χ0v) is 13.5. The normalized spacial score (nSPS) is 10.8. The van der Waals surface area contributed by atoms with Crippen molar-refractivity contribution in [1.29, 1.82) is 0 Å². The summed E-state index contributed by atoms with van der Waals surface area (Å²) < 4.78 is 1.68. The van der Waals surface area contributed by atoms with Crippen LogP contribution in [0.1, 0.15) is 33.3 Å². The summed E-state index contributed by atoms with van der Waals surface area (Å²) >= 11 is 7.64. The average Bonchev–Trinajstić information content (AvgIpc) is 2.98. The van der Waals surface area contributed by atoms with Gasteiger partial charge in [-0.2, -0.15) is 16.4 Å². The molecule has 0 amide bonds. The Balaban J connectivity index is 0.000000861. The topological polar surface area (TPSA) is 34.9 Å². The highest BCUT2D eigenvalue weighted by Gasteiger charge is 2.22. The van der Waals surface area contributed by atoms with Crippen LogP contribution in [0.5, 0.6) is 0 Å². The molecule has 0 fully saturated rings. The number of aromatic nitrogens is 2. The zero-order chi connectivity index (χ0) is 14.6. The molecule has 2 aromatic rings. The number of aldehydes is 1. The van der Waals surface area contributed by atoms with E-state index >= 15 is 0 Å². The molecule has 0 radical (unpaired) electrons. The van der Waals surface area contributed by atoms with Crippen LogP contribution in [0.3, 0.4) is 0 Å². The van der Waals surface area contributed by atoms with Crippen LogP contribution < -0.4 is 0 Å². The van der Waals surface area contributed by atoms with Gasteiger partial charge in [0.25, 0.3) is 0 Å². The van der Waals surface area contributed by atoms with Crippen molar-refractivity contribution in [2.75, 3.05) is 0 Å². The Kier molecular flexibility index (Phi) is 5.32. The van der Waals surface area contributed by atoms with Gasteiger partial charge >= 0.3 is 0 Å². The molecule has 0 aliphatic carbocycles. The van der Waals surface area contributed by atoms with E-state index in [-0.39, 0.29) is 0 Å². The van der Waals surface area contributed by atoms with Gasteiger partial charge in [-0.15, -0.1) is 0 Å². The molecule has 0 aliphatic rings. The van der Waals surface area contributed by atoms with E-state index in [0.717, 1.165) is 23.1 Å². The molecule has 0 aromatic carbocycles. The number of hydrogen-bond donors (Lipinski definition) is 0. The molecular formula is C14H19ClN2OS. The zero-order valence-electron chi connectivity index (χ0n) is 11.9. The number of halogens is 1. The Hall–Kier alpha value is -1.13. The summed E-state index contributed by atoms with van der Waals surface area (Å²) in [7, 11) is 0. The van der Waals surface area contributed by atoms with Crippen molar-refractivity contribution in [3.63, 3.8) is 0 Å². The molecule has 5 heteroatoms. The molecule has 3 nitrogen and oxygen atoms in total. The SMILES string of the molecule is CC.Cc1cn(C(C)(C)C=O)nc1-c1cscc1Cl. The summed E-state index contributed by atoms with van der Waals surface area (Å²) in [5.41, 5.74) is 2.15. The van der Waals surface area contributed by atoms with Gasteiger partial charge in [0.05, 0.1) is 10.7 Å². The minimum Gasteiger partial charge on any atom is -0.301 e. The van der Waals surface area contributed by atoms with Gasteiger partial charge in [0.2, 0.25) is 0 Å². The third-order valence-electron chi connectivity index (χ3n) is 2.65. The summed E-state index contributed by atoms with van der Waals surface area (Å²) in [6.07, 6.45) is 2.76. The lowest BCUT2D eigenvalue weighted by Gasteiger charge is -2.17. The maximum Gasteiger partial charge on any atom is 0.147 e. The second-order valence-corrected chi connectivity index (χ2v) is 5.66. The molecule has 0 N–H and O–H groups in total. The molecule has 2 heterocycles. The van der Waals surface area contributed by atoms with Crippen LogP contribution >= 0.6 is 22.9 Å². The Labute approximate surface area is 123 Å². The number of aryl methyl sites for hydroxylation is 1. The molecule has 0 spiro atoms. The largest absolute Gasteiger partial charge is 0.301 e. The number of carbonyl (C=O) groups excluding carboxylic acids is 1. The van der Waals surface area contributed by atoms with Crippen molar-refractivity contribution >= 4 is 29.2 Å². The predicted octanol–water partition coefficient (Wildman–Crippen LogP) is 4.53. The second kappa shape index (κ2) is 6.35. The fourth-order valence-electron chi connectivity index (χ4n) is 1.53. The van der Waals surface area contributed by atoms with E-state index in [1.807, 2.05) is 51.6 Å². The number of rotatable bonds is 3. The lowest BCUT2D eigenvalue weighted by atomic mass is 10.1. The van der Waals surface area contributed by atoms with E-state index < -0.39 is 5.54 Å². The van der Waals surface area contributed by atoms with Gasteiger partial charge in [0.1, 0.15) is 11.8 Å². The third kappa shape index (κ3) is 3.25. The van der Waals surface area contributed by atoms with Gasteiger partial charge in [0.15, 0.2) is 0 Å². The fourth-order valence-corrected chi connectivity index (χ4v) is 2.58. The lowest BCUT2D eigenvalue weighted by molar-refractivity contribution is -0.114. The van der Waals surface area contributed by atoms with Crippen LogP contribution in [0.2, 0.25) is 5.02 Å². The first kappa shape index (κ1) is 15.9. The molecule has 0 saturated heterocycles. The van der Waals surface area contributed by atoms with Gasteiger partial charge in [0, 0.05) is 22.5 Å². The highest BCUT2D eigenvalue weighted by Crippen LogP contribution is 2.32. The van der Waals surface area contributed by atoms with Crippen LogP contribution in [0.4, 0.5) is 0 Å². The predicted molar refractivity (Wildman–Crippen MR) is 82.0 cm³/mol. The molecule has 0 atom stereocenters. The van der Waals surface area contributed by atoms with Gasteiger partial charge < -0.3 is 4.79 Å². The van der Waals surface area contributed by atoms with Crippen LogP contribution in [-0.4, -0.2) is 16.1 Å². The lowest BCUT2D eigenvalue weighted by Crippen LogP contribution is -2.28. The van der Waals surface area contributed by atoms with E-state index in [2.05, 4.69) is 5.10 Å². The first-order valence-electron chi connectivity index (χ1n) is 6.21. The highest BCUT2D eigenvalue weighted by molar-refractivity contribution is 7.09. The molecule has 0 bridgehead atoms. The molecule has 2 aromatic heterocycles. The van der Waals surface area contributed by atoms with Crippen molar-refractivity contribution in [1.82, 2.24) is 9.78 Å². The highest BCUT2D eigenvalue weighted by atomic mass is 35.5. The molecule has 19 heavy (non-hydrogen) atoms. The first-order valence-corrected chi connectivity index (χ1v) is 7.53. The van der Waals surface area contributed by atoms with E-state index in [0.29, 0.717) is 5.02 Å². The molecular weight excluding hydrogens is 280 g/mol. The van der Waals surface area contributed by atoms with Crippen LogP contribution in [0, 0.1) is 6.92 Å². The van der Waals surface area contributed by atoms with Gasteiger partial charge in [-0.3, -0.25) is 4.68 Å². The fraction of sp³-hybridized carbons (Fsp3) is 0.429. The molecule has 0 saturated carbocycles. The number of thiophene rings is 1. The Morgan fingerprint density at radius 1 is 1.37 bits per heavy atom. The van der Waals surface area contributed by atoms with Crippen LogP contribution in [0.25, 0.3) is 11.3 Å². The van der Waals surface area contributed by atoms with Gasteiger partial charge in [-0.05, 0) is 26.3 Å². The van der Waals surface area contributed by atoms with Crippen molar-refractivity contribution < 1.29 is 4.79 Å². The Morgan fingerprint density at radius 2 is 2.00 bits per heavy atom. The number of nitrogens with zero attached hydrogens (tertiary/aromatic N) is 2. The monoisotopic (exact) mass is 298 g/mol. The summed E-state index contributed by atoms with van der Waals surface area (Å²) in [5, 5.41) is 9.01. The van der Waals surface area contributed by atoms with E-state index in [4.69, 9.17) is 11.6 Å². The molecule has 104 valence electrons. The van der Waals surface area contributed by atoms with Gasteiger partial charge in [-0.1, -0.05) is 25.4 Å². The van der Waals surface area contributed by atoms with Crippen LogP contribution in [-0.2, 0) is 10.3 Å². The summed E-state index contributed by atoms with van der Waals surface area (Å²) in [5.74, 6) is 0. The number of carbonyl (C=O) groups is 1. The minimum atomic E-state index is -0.633. The maximum absolute atomic E-state index is 11.0. The standard InChI is InChI=1S/C12H13ClN2OS.C2H6/c1-8-4-15(12(2,3)7-16)14-11(8)9-5-17-6-10(9)13;1-2/h4-7H,1-3H3;1-2H3. The quantitative estimate of drug-likeness (QED) is 0.780. The Morgan fingerprint density at radius 3 is 2.47 bits per heavy atom. The second-order valence-electron chi connectivity index (χ2n) is 4.51. The van der Waals surface area contributed by atoms with E-state index in [1.165, 1.54) is 0 Å². The molecule has 0 aliphatic heterocycles. The Bertz CT molecular complexity index is 558. The average molecular weight is 299 g/mol. The van der Waals surface area contributed by atoms with Crippen molar-refractivity contribution in [3.05, 3.63) is 27.5 Å². The first-order chi connectivity index (χ1) is 8.95. The molecule has 2 rings (SSSR count). The van der Waals surface area contributed by atoms with Gasteiger partial charge in [-0.25, -0.2) is 0 Å². The smallest absolute Gasteiger partial charge is 0.147 e. The van der Waals surface area contributed by atoms with Crippen molar-refractivity contribution in [2.45, 2.75) is 40.2 Å². The van der Waals surface area contributed by atoms with Crippen LogP contribution in [0.15, 0.2) is 17.0 Å². The molecule has 0 unspecified atom stereocenters. The van der Waals surface area contributed by atoms with E-state index in [1.54, 1.807) is 16.0 Å². The minimum absolute atomic E-state index is 0.633. The summed E-state index contributed by atoms with van der Waals surface area (Å²) in [6.45, 7) is 9.62. The maximum atomic E-state index is 11.0. The summed E-state index contributed by atoms with van der Waals surface area (Å²) in [4.78, 5) is 11.0. The third-order valence-corrected chi connectivity index (χ3v) is 3.83. The van der Waals surface area contributed by atoms with E-state index in [9.17, 15) is 4.79 Å². The number of hydrogen-bond acceptors (Lipinski definition) is 3.